The lowest BCUT2D eigenvalue weighted by Crippen LogP contribution is -2.13. The molecule has 0 saturated heterocycles. The molecule has 0 aromatic heterocycles. The van der Waals surface area contributed by atoms with Crippen molar-refractivity contribution in [3.8, 4) is 5.75 Å². The zero-order valence-corrected chi connectivity index (χ0v) is 11.2. The molecule has 0 heterocycles. The fourth-order valence-corrected chi connectivity index (χ4v) is 1.78. The summed E-state index contributed by atoms with van der Waals surface area (Å²) in [6.07, 6.45) is 0. The lowest BCUT2D eigenvalue weighted by molar-refractivity contribution is 0.102. The van der Waals surface area contributed by atoms with Gasteiger partial charge in [-0.15, -0.1) is 0 Å². The maximum Gasteiger partial charge on any atom is 0.255 e. The monoisotopic (exact) mass is 274 g/mol. The van der Waals surface area contributed by atoms with Gasteiger partial charge in [-0.05, 0) is 48.9 Å². The molecule has 0 spiro atoms. The summed E-state index contributed by atoms with van der Waals surface area (Å²) >= 11 is 0. The summed E-state index contributed by atoms with van der Waals surface area (Å²) in [5.41, 5.74) is 7.23. The first-order valence-electron chi connectivity index (χ1n) is 6.02. The van der Waals surface area contributed by atoms with E-state index in [1.54, 1.807) is 19.2 Å². The number of nitrogens with two attached hydrogens (primary N) is 1. The van der Waals surface area contributed by atoms with Crippen LogP contribution in [0.3, 0.4) is 0 Å². The molecule has 0 atom stereocenters. The minimum Gasteiger partial charge on any atom is -0.497 e. The van der Waals surface area contributed by atoms with Crippen molar-refractivity contribution >= 4 is 17.3 Å². The lowest BCUT2D eigenvalue weighted by atomic mass is 10.1. The van der Waals surface area contributed by atoms with E-state index in [9.17, 15) is 9.18 Å². The van der Waals surface area contributed by atoms with Crippen molar-refractivity contribution in [1.29, 1.82) is 0 Å². The highest BCUT2D eigenvalue weighted by molar-refractivity contribution is 6.05. The van der Waals surface area contributed by atoms with Crippen molar-refractivity contribution in [2.75, 3.05) is 18.2 Å². The molecule has 2 rings (SSSR count). The van der Waals surface area contributed by atoms with Gasteiger partial charge in [-0.25, -0.2) is 4.39 Å². The van der Waals surface area contributed by atoms with Gasteiger partial charge in [-0.1, -0.05) is 0 Å². The zero-order chi connectivity index (χ0) is 14.7. The first kappa shape index (κ1) is 13.9. The van der Waals surface area contributed by atoms with Crippen LogP contribution in [-0.2, 0) is 0 Å². The van der Waals surface area contributed by atoms with Crippen LogP contribution in [0.5, 0.6) is 5.75 Å². The topological polar surface area (TPSA) is 64.3 Å². The van der Waals surface area contributed by atoms with Gasteiger partial charge >= 0.3 is 0 Å². The molecule has 0 fully saturated rings. The molecule has 0 saturated carbocycles. The van der Waals surface area contributed by atoms with E-state index < -0.39 is 5.82 Å². The second kappa shape index (κ2) is 5.61. The predicted octanol–water partition coefficient (Wildman–Crippen LogP) is 2.98. The minimum absolute atomic E-state index is 0.0518. The highest BCUT2D eigenvalue weighted by atomic mass is 19.1. The molecular formula is C15H15FN2O2. The van der Waals surface area contributed by atoms with E-state index in [4.69, 9.17) is 10.5 Å². The van der Waals surface area contributed by atoms with Crippen LogP contribution in [0, 0.1) is 12.7 Å². The molecule has 0 radical (unpaired) electrons. The Morgan fingerprint density at radius 1 is 1.25 bits per heavy atom. The summed E-state index contributed by atoms with van der Waals surface area (Å²) in [7, 11) is 1.58. The zero-order valence-electron chi connectivity index (χ0n) is 11.2. The van der Waals surface area contributed by atoms with Gasteiger partial charge < -0.3 is 15.8 Å². The van der Waals surface area contributed by atoms with Crippen molar-refractivity contribution in [2.45, 2.75) is 6.92 Å². The number of halogens is 1. The van der Waals surface area contributed by atoms with E-state index in [1.165, 1.54) is 18.2 Å². The maximum atomic E-state index is 13.1. The van der Waals surface area contributed by atoms with Crippen LogP contribution in [0.4, 0.5) is 15.8 Å². The first-order valence-corrected chi connectivity index (χ1v) is 6.02. The first-order chi connectivity index (χ1) is 9.51. The summed E-state index contributed by atoms with van der Waals surface area (Å²) in [6, 6.07) is 9.18. The standard InChI is InChI=1S/C15H15FN2O2/c1-9-7-11(20-2)4-6-14(9)18-15(19)10-3-5-12(16)13(17)8-10/h3-8H,17H2,1-2H3,(H,18,19). The van der Waals surface area contributed by atoms with Gasteiger partial charge in [0.15, 0.2) is 0 Å². The van der Waals surface area contributed by atoms with E-state index in [2.05, 4.69) is 5.32 Å². The van der Waals surface area contributed by atoms with E-state index in [0.717, 1.165) is 5.56 Å². The van der Waals surface area contributed by atoms with Gasteiger partial charge in [0.25, 0.3) is 5.91 Å². The highest BCUT2D eigenvalue weighted by Gasteiger charge is 2.10. The number of carbonyl (C=O) groups is 1. The fourth-order valence-electron chi connectivity index (χ4n) is 1.78. The van der Waals surface area contributed by atoms with Crippen molar-refractivity contribution in [1.82, 2.24) is 0 Å². The number of carbonyl (C=O) groups excluding carboxylic acids is 1. The Bertz CT molecular complexity index is 656. The number of hydrogen-bond donors (Lipinski definition) is 2. The van der Waals surface area contributed by atoms with Crippen LogP contribution >= 0.6 is 0 Å². The molecule has 2 aromatic rings. The number of ether oxygens (including phenoxy) is 1. The summed E-state index contributed by atoms with van der Waals surface area (Å²) in [5, 5.41) is 2.75. The molecule has 20 heavy (non-hydrogen) atoms. The van der Waals surface area contributed by atoms with Crippen LogP contribution in [0.2, 0.25) is 0 Å². The van der Waals surface area contributed by atoms with E-state index in [1.807, 2.05) is 13.0 Å². The smallest absolute Gasteiger partial charge is 0.255 e. The van der Waals surface area contributed by atoms with E-state index in [-0.39, 0.29) is 11.6 Å². The number of hydrogen-bond acceptors (Lipinski definition) is 3. The van der Waals surface area contributed by atoms with Crippen molar-refractivity contribution in [3.05, 3.63) is 53.3 Å². The Labute approximate surface area is 116 Å². The van der Waals surface area contributed by atoms with Crippen LogP contribution in [-0.4, -0.2) is 13.0 Å². The molecule has 104 valence electrons. The highest BCUT2D eigenvalue weighted by Crippen LogP contribution is 2.22. The summed E-state index contributed by atoms with van der Waals surface area (Å²) < 4.78 is 18.2. The number of benzene rings is 2. The van der Waals surface area contributed by atoms with Gasteiger partial charge in [0.2, 0.25) is 0 Å². The third-order valence-corrected chi connectivity index (χ3v) is 2.94. The average molecular weight is 274 g/mol. The van der Waals surface area contributed by atoms with Gasteiger partial charge in [0.1, 0.15) is 11.6 Å². The number of nitrogen functional groups attached to an aromatic ring is 1. The molecule has 3 N–H and O–H groups in total. The second-order valence-electron chi connectivity index (χ2n) is 4.37. The Morgan fingerprint density at radius 2 is 2.00 bits per heavy atom. The quantitative estimate of drug-likeness (QED) is 0.846. The summed E-state index contributed by atoms with van der Waals surface area (Å²) in [6.45, 7) is 1.86. The predicted molar refractivity (Wildman–Crippen MR) is 76.5 cm³/mol. The van der Waals surface area contributed by atoms with Gasteiger partial charge in [0, 0.05) is 11.3 Å². The van der Waals surface area contributed by atoms with E-state index >= 15 is 0 Å². The number of amides is 1. The Balaban J connectivity index is 2.21. The summed E-state index contributed by atoms with van der Waals surface area (Å²) in [5.74, 6) is -0.168. The van der Waals surface area contributed by atoms with Crippen LogP contribution in [0.15, 0.2) is 36.4 Å². The SMILES string of the molecule is COc1ccc(NC(=O)c2ccc(F)c(N)c2)c(C)c1. The number of anilines is 2. The molecule has 5 heteroatoms. The van der Waals surface area contributed by atoms with Crippen LogP contribution in [0.25, 0.3) is 0 Å². The third kappa shape index (κ3) is 2.88. The Morgan fingerprint density at radius 3 is 2.60 bits per heavy atom. The Hall–Kier alpha value is -2.56. The maximum absolute atomic E-state index is 13.1. The number of methoxy groups -OCH3 is 1. The van der Waals surface area contributed by atoms with Crippen LogP contribution in [0.1, 0.15) is 15.9 Å². The van der Waals surface area contributed by atoms with Crippen molar-refractivity contribution in [2.24, 2.45) is 0 Å². The fraction of sp³-hybridized carbons (Fsp3) is 0.133. The average Bonchev–Trinajstić information content (AvgIpc) is 2.43. The molecule has 0 aliphatic rings. The second-order valence-corrected chi connectivity index (χ2v) is 4.37. The normalized spacial score (nSPS) is 10.2. The largest absolute Gasteiger partial charge is 0.497 e. The molecule has 4 nitrogen and oxygen atoms in total. The van der Waals surface area contributed by atoms with Crippen molar-refractivity contribution in [3.63, 3.8) is 0 Å². The lowest BCUT2D eigenvalue weighted by Gasteiger charge is -2.10. The third-order valence-electron chi connectivity index (χ3n) is 2.94. The van der Waals surface area contributed by atoms with Gasteiger partial charge in [-0.3, -0.25) is 4.79 Å². The molecular weight excluding hydrogens is 259 g/mol. The van der Waals surface area contributed by atoms with E-state index in [0.29, 0.717) is 17.0 Å². The van der Waals surface area contributed by atoms with Crippen LogP contribution < -0.4 is 15.8 Å². The number of nitrogens with one attached hydrogen (secondary N) is 1. The minimum atomic E-state index is -0.540. The van der Waals surface area contributed by atoms with Gasteiger partial charge in [-0.2, -0.15) is 0 Å². The molecule has 2 aromatic carbocycles. The summed E-state index contributed by atoms with van der Waals surface area (Å²) in [4.78, 5) is 12.1. The molecule has 0 bridgehead atoms. The Kier molecular flexibility index (Phi) is 3.89. The molecule has 0 aliphatic carbocycles. The molecule has 0 aliphatic heterocycles. The molecule has 0 unspecified atom stereocenters. The number of aryl methyl sites for hydroxylation is 1. The molecule has 1 amide bonds. The number of rotatable bonds is 3. The van der Waals surface area contributed by atoms with Gasteiger partial charge in [0.05, 0.1) is 12.8 Å². The van der Waals surface area contributed by atoms with Crippen molar-refractivity contribution < 1.29 is 13.9 Å².